The van der Waals surface area contributed by atoms with Crippen molar-refractivity contribution in [3.05, 3.63) is 58.4 Å². The van der Waals surface area contributed by atoms with Crippen LogP contribution in [0.3, 0.4) is 0 Å². The van der Waals surface area contributed by atoms with Gasteiger partial charge in [0.05, 0.1) is 11.3 Å². The molecule has 0 aliphatic heterocycles. The summed E-state index contributed by atoms with van der Waals surface area (Å²) in [5, 5.41) is 12.4. The Kier molecular flexibility index (Phi) is 4.12. The van der Waals surface area contributed by atoms with Crippen LogP contribution in [0.25, 0.3) is 0 Å². The van der Waals surface area contributed by atoms with Gasteiger partial charge in [0.15, 0.2) is 5.75 Å². The number of carbonyl (C=O) groups excluding carboxylic acids is 1. The Morgan fingerprint density at radius 3 is 2.52 bits per heavy atom. The van der Waals surface area contributed by atoms with Crippen molar-refractivity contribution in [1.82, 2.24) is 5.32 Å². The monoisotopic (exact) mass is 288 g/mol. The van der Waals surface area contributed by atoms with Crippen molar-refractivity contribution in [3.63, 3.8) is 0 Å². The molecule has 110 valence electrons. The minimum Gasteiger partial charge on any atom is -0.505 e. The van der Waals surface area contributed by atoms with Gasteiger partial charge in [-0.3, -0.25) is 4.79 Å². The average molecular weight is 288 g/mol. The molecule has 0 heterocycles. The van der Waals surface area contributed by atoms with Crippen molar-refractivity contribution in [2.45, 2.75) is 20.4 Å². The highest BCUT2D eigenvalue weighted by molar-refractivity contribution is 5.98. The second-order valence-electron chi connectivity index (χ2n) is 4.97. The van der Waals surface area contributed by atoms with Gasteiger partial charge in [0.1, 0.15) is 5.82 Å². The van der Waals surface area contributed by atoms with Gasteiger partial charge in [-0.1, -0.05) is 18.2 Å². The van der Waals surface area contributed by atoms with Crippen LogP contribution in [0, 0.1) is 19.7 Å². The van der Waals surface area contributed by atoms with E-state index in [4.69, 9.17) is 5.73 Å². The highest BCUT2D eigenvalue weighted by Gasteiger charge is 2.13. The SMILES string of the molecule is Cc1cc(CNC(=O)c2cccc(N)c2O)cc(C)c1F. The van der Waals surface area contributed by atoms with E-state index in [-0.39, 0.29) is 29.4 Å². The molecular formula is C16H17FN2O2. The highest BCUT2D eigenvalue weighted by Crippen LogP contribution is 2.24. The molecule has 0 aliphatic rings. The number of anilines is 1. The van der Waals surface area contributed by atoms with E-state index in [1.807, 2.05) is 0 Å². The number of hydrogen-bond acceptors (Lipinski definition) is 3. The van der Waals surface area contributed by atoms with E-state index in [0.29, 0.717) is 11.1 Å². The maximum Gasteiger partial charge on any atom is 0.255 e. The molecule has 2 aromatic carbocycles. The lowest BCUT2D eigenvalue weighted by Crippen LogP contribution is -2.23. The second kappa shape index (κ2) is 5.83. The molecule has 0 saturated heterocycles. The third kappa shape index (κ3) is 3.13. The lowest BCUT2D eigenvalue weighted by Gasteiger charge is -2.10. The molecule has 0 aromatic heterocycles. The lowest BCUT2D eigenvalue weighted by molar-refractivity contribution is 0.0948. The van der Waals surface area contributed by atoms with E-state index in [9.17, 15) is 14.3 Å². The van der Waals surface area contributed by atoms with Crippen molar-refractivity contribution >= 4 is 11.6 Å². The van der Waals surface area contributed by atoms with Crippen LogP contribution in [0.4, 0.5) is 10.1 Å². The van der Waals surface area contributed by atoms with E-state index in [1.54, 1.807) is 32.0 Å². The standard InChI is InChI=1S/C16H17FN2O2/c1-9-6-11(7-10(2)14(9)17)8-19-16(21)12-4-3-5-13(18)15(12)20/h3-7,20H,8,18H2,1-2H3,(H,19,21). The summed E-state index contributed by atoms with van der Waals surface area (Å²) in [6.07, 6.45) is 0. The Hall–Kier alpha value is -2.56. The summed E-state index contributed by atoms with van der Waals surface area (Å²) in [6.45, 7) is 3.60. The lowest BCUT2D eigenvalue weighted by atomic mass is 10.1. The minimum atomic E-state index is -0.431. The van der Waals surface area contributed by atoms with Gasteiger partial charge in [-0.15, -0.1) is 0 Å². The predicted molar refractivity (Wildman–Crippen MR) is 79.6 cm³/mol. The largest absolute Gasteiger partial charge is 0.505 e. The number of benzene rings is 2. The van der Waals surface area contributed by atoms with Gasteiger partial charge < -0.3 is 16.2 Å². The van der Waals surface area contributed by atoms with Gasteiger partial charge in [0.2, 0.25) is 0 Å². The molecule has 0 unspecified atom stereocenters. The summed E-state index contributed by atoms with van der Waals surface area (Å²) in [7, 11) is 0. The number of nitrogens with two attached hydrogens (primary N) is 1. The molecule has 2 rings (SSSR count). The zero-order valence-corrected chi connectivity index (χ0v) is 11.9. The van der Waals surface area contributed by atoms with Crippen LogP contribution >= 0.6 is 0 Å². The number of phenols is 1. The number of para-hydroxylation sites is 1. The van der Waals surface area contributed by atoms with Gasteiger partial charge in [-0.2, -0.15) is 0 Å². The average Bonchev–Trinajstić information content (AvgIpc) is 2.45. The molecule has 2 aromatic rings. The van der Waals surface area contributed by atoms with Crippen molar-refractivity contribution in [2.24, 2.45) is 0 Å². The molecular weight excluding hydrogens is 271 g/mol. The molecule has 4 nitrogen and oxygen atoms in total. The fraction of sp³-hybridized carbons (Fsp3) is 0.188. The Balaban J connectivity index is 2.13. The van der Waals surface area contributed by atoms with Crippen LogP contribution < -0.4 is 11.1 Å². The van der Waals surface area contributed by atoms with E-state index >= 15 is 0 Å². The second-order valence-corrected chi connectivity index (χ2v) is 4.97. The topological polar surface area (TPSA) is 75.4 Å². The fourth-order valence-corrected chi connectivity index (χ4v) is 2.16. The smallest absolute Gasteiger partial charge is 0.255 e. The first-order chi connectivity index (χ1) is 9.90. The van der Waals surface area contributed by atoms with Crippen molar-refractivity contribution in [3.8, 4) is 5.75 Å². The van der Waals surface area contributed by atoms with E-state index in [1.165, 1.54) is 12.1 Å². The first-order valence-corrected chi connectivity index (χ1v) is 6.51. The molecule has 0 fully saturated rings. The van der Waals surface area contributed by atoms with Crippen molar-refractivity contribution in [2.75, 3.05) is 5.73 Å². The van der Waals surface area contributed by atoms with Gasteiger partial charge in [-0.05, 0) is 42.7 Å². The molecule has 4 N–H and O–H groups in total. The Bertz CT molecular complexity index is 676. The summed E-state index contributed by atoms with van der Waals surface area (Å²) in [5.41, 5.74) is 7.68. The number of nitrogens with one attached hydrogen (secondary N) is 1. The summed E-state index contributed by atoms with van der Waals surface area (Å²) in [5.74, 6) is -0.903. The molecule has 1 amide bonds. The number of carbonyl (C=O) groups is 1. The first kappa shape index (κ1) is 14.8. The number of rotatable bonds is 3. The zero-order valence-electron chi connectivity index (χ0n) is 11.9. The number of amides is 1. The Morgan fingerprint density at radius 1 is 1.29 bits per heavy atom. The summed E-state index contributed by atoms with van der Waals surface area (Å²) in [4.78, 5) is 12.0. The molecule has 0 radical (unpaired) electrons. The van der Waals surface area contributed by atoms with E-state index < -0.39 is 5.91 Å². The number of hydrogen-bond donors (Lipinski definition) is 3. The number of aromatic hydroxyl groups is 1. The third-order valence-corrected chi connectivity index (χ3v) is 3.26. The summed E-state index contributed by atoms with van der Waals surface area (Å²) in [6, 6.07) is 7.96. The molecule has 0 aliphatic carbocycles. The maximum atomic E-state index is 13.5. The first-order valence-electron chi connectivity index (χ1n) is 6.51. The molecule has 0 spiro atoms. The number of nitrogen functional groups attached to an aromatic ring is 1. The van der Waals surface area contributed by atoms with Crippen LogP contribution in [0.2, 0.25) is 0 Å². The zero-order chi connectivity index (χ0) is 15.6. The normalized spacial score (nSPS) is 10.4. The van der Waals surface area contributed by atoms with Crippen LogP contribution in [0.5, 0.6) is 5.75 Å². The number of phenolic OH excluding ortho intramolecular Hbond substituents is 1. The summed E-state index contributed by atoms with van der Waals surface area (Å²) >= 11 is 0. The third-order valence-electron chi connectivity index (χ3n) is 3.26. The van der Waals surface area contributed by atoms with E-state index in [2.05, 4.69) is 5.32 Å². The van der Waals surface area contributed by atoms with Crippen LogP contribution in [0.15, 0.2) is 30.3 Å². The quantitative estimate of drug-likeness (QED) is 0.600. The molecule has 0 saturated carbocycles. The Morgan fingerprint density at radius 2 is 1.90 bits per heavy atom. The summed E-state index contributed by atoms with van der Waals surface area (Å²) < 4.78 is 13.5. The molecule has 21 heavy (non-hydrogen) atoms. The van der Waals surface area contributed by atoms with Crippen molar-refractivity contribution in [1.29, 1.82) is 0 Å². The van der Waals surface area contributed by atoms with Crippen LogP contribution in [0.1, 0.15) is 27.0 Å². The van der Waals surface area contributed by atoms with Gasteiger partial charge in [-0.25, -0.2) is 4.39 Å². The van der Waals surface area contributed by atoms with Crippen LogP contribution in [-0.4, -0.2) is 11.0 Å². The fourth-order valence-electron chi connectivity index (χ4n) is 2.16. The van der Waals surface area contributed by atoms with Gasteiger partial charge in [0.25, 0.3) is 5.91 Å². The van der Waals surface area contributed by atoms with Gasteiger partial charge in [0, 0.05) is 6.54 Å². The van der Waals surface area contributed by atoms with Gasteiger partial charge >= 0.3 is 0 Å². The van der Waals surface area contributed by atoms with E-state index in [0.717, 1.165) is 5.56 Å². The maximum absolute atomic E-state index is 13.5. The van der Waals surface area contributed by atoms with Crippen LogP contribution in [-0.2, 0) is 6.54 Å². The number of halogens is 1. The highest BCUT2D eigenvalue weighted by atomic mass is 19.1. The molecule has 5 heteroatoms. The Labute approximate surface area is 122 Å². The predicted octanol–water partition coefficient (Wildman–Crippen LogP) is 2.66. The number of aryl methyl sites for hydroxylation is 2. The van der Waals surface area contributed by atoms with Crippen molar-refractivity contribution < 1.29 is 14.3 Å². The molecule has 0 bridgehead atoms. The molecule has 0 atom stereocenters. The minimum absolute atomic E-state index is 0.116.